The van der Waals surface area contributed by atoms with Crippen LogP contribution in [-0.2, 0) is 16.1 Å². The van der Waals surface area contributed by atoms with E-state index in [0.29, 0.717) is 31.0 Å². The van der Waals surface area contributed by atoms with Gasteiger partial charge in [-0.1, -0.05) is 6.07 Å². The van der Waals surface area contributed by atoms with Crippen LogP contribution in [-0.4, -0.2) is 47.5 Å². The van der Waals surface area contributed by atoms with E-state index in [1.807, 2.05) is 18.2 Å². The minimum absolute atomic E-state index is 0.0257. The van der Waals surface area contributed by atoms with Crippen molar-refractivity contribution in [1.29, 1.82) is 0 Å². The maximum absolute atomic E-state index is 12.9. The van der Waals surface area contributed by atoms with Gasteiger partial charge in [-0.2, -0.15) is 0 Å². The number of pyridine rings is 1. The SMILES string of the molecule is Cc1occc1C(=O)N(CCC(=O)NCc1ccccn1)CC1CCCO1. The van der Waals surface area contributed by atoms with Gasteiger partial charge in [-0.15, -0.1) is 0 Å². The minimum Gasteiger partial charge on any atom is -0.469 e. The highest BCUT2D eigenvalue weighted by molar-refractivity contribution is 5.95. The molecule has 0 spiro atoms. The van der Waals surface area contributed by atoms with Crippen LogP contribution in [0.15, 0.2) is 41.1 Å². The molecule has 7 nitrogen and oxygen atoms in total. The van der Waals surface area contributed by atoms with Crippen LogP contribution in [0.3, 0.4) is 0 Å². The Kier molecular flexibility index (Phi) is 6.59. The molecule has 0 radical (unpaired) electrons. The second-order valence-corrected chi connectivity index (χ2v) is 6.62. The van der Waals surface area contributed by atoms with Gasteiger partial charge in [0, 0.05) is 32.3 Å². The fraction of sp³-hybridized carbons (Fsp3) is 0.450. The molecule has 1 atom stereocenters. The fourth-order valence-corrected chi connectivity index (χ4v) is 3.10. The maximum Gasteiger partial charge on any atom is 0.257 e. The highest BCUT2D eigenvalue weighted by Gasteiger charge is 2.25. The Hall–Kier alpha value is -2.67. The van der Waals surface area contributed by atoms with Crippen LogP contribution in [0.2, 0.25) is 0 Å². The Morgan fingerprint density at radius 3 is 2.89 bits per heavy atom. The van der Waals surface area contributed by atoms with Gasteiger partial charge in [-0.05, 0) is 38.0 Å². The third-order valence-corrected chi connectivity index (χ3v) is 4.63. The van der Waals surface area contributed by atoms with Gasteiger partial charge in [0.1, 0.15) is 5.76 Å². The molecule has 1 aliphatic heterocycles. The molecule has 0 bridgehead atoms. The van der Waals surface area contributed by atoms with Crippen LogP contribution in [0.1, 0.15) is 41.1 Å². The zero-order valence-corrected chi connectivity index (χ0v) is 15.5. The summed E-state index contributed by atoms with van der Waals surface area (Å²) in [6, 6.07) is 7.23. The van der Waals surface area contributed by atoms with Gasteiger partial charge in [0.25, 0.3) is 5.91 Å². The molecule has 1 saturated heterocycles. The van der Waals surface area contributed by atoms with Crippen molar-refractivity contribution in [1.82, 2.24) is 15.2 Å². The molecule has 0 saturated carbocycles. The summed E-state index contributed by atoms with van der Waals surface area (Å²) < 4.78 is 10.9. The van der Waals surface area contributed by atoms with Crippen molar-refractivity contribution in [2.75, 3.05) is 19.7 Å². The summed E-state index contributed by atoms with van der Waals surface area (Å²) in [7, 11) is 0. The van der Waals surface area contributed by atoms with E-state index in [9.17, 15) is 9.59 Å². The monoisotopic (exact) mass is 371 g/mol. The van der Waals surface area contributed by atoms with Gasteiger partial charge in [-0.25, -0.2) is 0 Å². The molecule has 3 heterocycles. The van der Waals surface area contributed by atoms with Crippen molar-refractivity contribution in [2.45, 2.75) is 38.8 Å². The summed E-state index contributed by atoms with van der Waals surface area (Å²) >= 11 is 0. The molecule has 2 aromatic heterocycles. The number of nitrogens with zero attached hydrogens (tertiary/aromatic N) is 2. The van der Waals surface area contributed by atoms with Crippen molar-refractivity contribution in [3.05, 3.63) is 53.7 Å². The van der Waals surface area contributed by atoms with Crippen LogP contribution in [0.5, 0.6) is 0 Å². The van der Waals surface area contributed by atoms with E-state index in [0.717, 1.165) is 25.1 Å². The van der Waals surface area contributed by atoms with Crippen LogP contribution in [0, 0.1) is 6.92 Å². The molecule has 27 heavy (non-hydrogen) atoms. The van der Waals surface area contributed by atoms with Crippen LogP contribution in [0.4, 0.5) is 0 Å². The number of hydrogen-bond donors (Lipinski definition) is 1. The molecule has 0 aromatic carbocycles. The van der Waals surface area contributed by atoms with E-state index < -0.39 is 0 Å². The summed E-state index contributed by atoms with van der Waals surface area (Å²) in [5.74, 6) is 0.334. The van der Waals surface area contributed by atoms with Gasteiger partial charge in [0.15, 0.2) is 0 Å². The van der Waals surface area contributed by atoms with Crippen LogP contribution < -0.4 is 5.32 Å². The average molecular weight is 371 g/mol. The van der Waals surface area contributed by atoms with E-state index in [4.69, 9.17) is 9.15 Å². The Bertz CT molecular complexity index is 754. The van der Waals surface area contributed by atoms with Crippen molar-refractivity contribution in [3.8, 4) is 0 Å². The predicted molar refractivity (Wildman–Crippen MR) is 99.0 cm³/mol. The van der Waals surface area contributed by atoms with E-state index in [-0.39, 0.29) is 24.3 Å². The number of carbonyl (C=O) groups excluding carboxylic acids is 2. The average Bonchev–Trinajstić information content (AvgIpc) is 3.35. The lowest BCUT2D eigenvalue weighted by molar-refractivity contribution is -0.121. The first kappa shape index (κ1) is 19.1. The Morgan fingerprint density at radius 2 is 2.22 bits per heavy atom. The fourth-order valence-electron chi connectivity index (χ4n) is 3.10. The molecule has 2 amide bonds. The minimum atomic E-state index is -0.130. The molecule has 1 unspecified atom stereocenters. The number of furan rings is 1. The molecule has 2 aromatic rings. The number of rotatable bonds is 8. The normalized spacial score (nSPS) is 16.3. The van der Waals surface area contributed by atoms with E-state index in [2.05, 4.69) is 10.3 Å². The lowest BCUT2D eigenvalue weighted by Crippen LogP contribution is -2.40. The quantitative estimate of drug-likeness (QED) is 0.770. The molecular formula is C20H25N3O4. The summed E-state index contributed by atoms with van der Waals surface area (Å²) in [5, 5.41) is 2.84. The number of aryl methyl sites for hydroxylation is 1. The van der Waals surface area contributed by atoms with E-state index in [1.54, 1.807) is 24.1 Å². The van der Waals surface area contributed by atoms with Gasteiger partial charge in [-0.3, -0.25) is 14.6 Å². The van der Waals surface area contributed by atoms with Crippen molar-refractivity contribution >= 4 is 11.8 Å². The molecule has 7 heteroatoms. The number of carbonyl (C=O) groups is 2. The van der Waals surface area contributed by atoms with Crippen LogP contribution in [0.25, 0.3) is 0 Å². The smallest absolute Gasteiger partial charge is 0.257 e. The summed E-state index contributed by atoms with van der Waals surface area (Å²) in [5.41, 5.74) is 1.33. The largest absolute Gasteiger partial charge is 0.469 e. The van der Waals surface area contributed by atoms with Gasteiger partial charge < -0.3 is 19.4 Å². The lowest BCUT2D eigenvalue weighted by atomic mass is 10.1. The number of nitrogens with one attached hydrogen (secondary N) is 1. The Morgan fingerprint density at radius 1 is 1.33 bits per heavy atom. The van der Waals surface area contributed by atoms with E-state index in [1.165, 1.54) is 6.26 Å². The molecule has 3 rings (SSSR count). The summed E-state index contributed by atoms with van der Waals surface area (Å²) in [6.45, 7) is 3.67. The molecule has 1 fully saturated rings. The molecule has 1 aliphatic rings. The lowest BCUT2D eigenvalue weighted by Gasteiger charge is -2.25. The first-order valence-corrected chi connectivity index (χ1v) is 9.25. The summed E-state index contributed by atoms with van der Waals surface area (Å²) in [6.07, 6.45) is 5.38. The van der Waals surface area contributed by atoms with Gasteiger partial charge in [0.05, 0.1) is 30.2 Å². The number of ether oxygens (including phenoxy) is 1. The second-order valence-electron chi connectivity index (χ2n) is 6.62. The molecule has 0 aliphatic carbocycles. The molecule has 1 N–H and O–H groups in total. The highest BCUT2D eigenvalue weighted by Crippen LogP contribution is 2.17. The van der Waals surface area contributed by atoms with Crippen molar-refractivity contribution < 1.29 is 18.7 Å². The molecular weight excluding hydrogens is 346 g/mol. The predicted octanol–water partition coefficient (Wildman–Crippen LogP) is 2.31. The van der Waals surface area contributed by atoms with Crippen LogP contribution >= 0.6 is 0 Å². The third-order valence-electron chi connectivity index (χ3n) is 4.63. The highest BCUT2D eigenvalue weighted by atomic mass is 16.5. The van der Waals surface area contributed by atoms with Crippen molar-refractivity contribution in [3.63, 3.8) is 0 Å². The summed E-state index contributed by atoms with van der Waals surface area (Å²) in [4.78, 5) is 31.0. The van der Waals surface area contributed by atoms with E-state index >= 15 is 0 Å². The van der Waals surface area contributed by atoms with Gasteiger partial charge >= 0.3 is 0 Å². The molecule has 144 valence electrons. The first-order chi connectivity index (χ1) is 13.1. The Labute approximate surface area is 158 Å². The topological polar surface area (TPSA) is 84.7 Å². The maximum atomic E-state index is 12.9. The Balaban J connectivity index is 1.56. The third kappa shape index (κ3) is 5.40. The second kappa shape index (κ2) is 9.32. The standard InChI is InChI=1S/C20H25N3O4/c1-15-18(8-12-26-15)20(25)23(14-17-6-4-11-27-17)10-7-19(24)22-13-16-5-2-3-9-21-16/h2-3,5,8-9,12,17H,4,6-7,10-11,13-14H2,1H3,(H,22,24). The number of amides is 2. The van der Waals surface area contributed by atoms with Crippen molar-refractivity contribution in [2.24, 2.45) is 0 Å². The zero-order valence-electron chi connectivity index (χ0n) is 15.5. The number of aromatic nitrogens is 1. The zero-order chi connectivity index (χ0) is 19.1. The first-order valence-electron chi connectivity index (χ1n) is 9.25. The number of hydrogen-bond acceptors (Lipinski definition) is 5. The van der Waals surface area contributed by atoms with Gasteiger partial charge in [0.2, 0.25) is 5.91 Å².